The third-order valence-electron chi connectivity index (χ3n) is 5.29. The number of aromatic nitrogens is 3. The van der Waals surface area contributed by atoms with E-state index in [-0.39, 0.29) is 0 Å². The van der Waals surface area contributed by atoms with E-state index in [0.717, 1.165) is 43.8 Å². The van der Waals surface area contributed by atoms with Gasteiger partial charge in [-0.2, -0.15) is 0 Å². The SMILES string of the molecule is CC(C)N1CCC(c2nc3cccnc3n2C2CCCOC2)C1. The Labute approximate surface area is 137 Å². The number of hydrogen-bond donors (Lipinski definition) is 0. The summed E-state index contributed by atoms with van der Waals surface area (Å²) in [6, 6.07) is 5.05. The Hall–Kier alpha value is -1.46. The van der Waals surface area contributed by atoms with Gasteiger partial charge in [0.2, 0.25) is 0 Å². The average molecular weight is 314 g/mol. The lowest BCUT2D eigenvalue weighted by Crippen LogP contribution is -2.29. The molecule has 4 heterocycles. The van der Waals surface area contributed by atoms with Crippen LogP contribution < -0.4 is 0 Å². The molecule has 0 saturated carbocycles. The molecule has 2 aliphatic rings. The highest BCUT2D eigenvalue weighted by Crippen LogP contribution is 2.34. The van der Waals surface area contributed by atoms with Gasteiger partial charge in [-0.25, -0.2) is 9.97 Å². The minimum Gasteiger partial charge on any atom is -0.379 e. The molecule has 2 aromatic heterocycles. The first-order valence-corrected chi connectivity index (χ1v) is 8.88. The molecule has 0 N–H and O–H groups in total. The lowest BCUT2D eigenvalue weighted by atomic mass is 10.1. The minimum absolute atomic E-state index is 0.381. The normalized spacial score (nSPS) is 26.4. The van der Waals surface area contributed by atoms with E-state index < -0.39 is 0 Å². The Morgan fingerprint density at radius 1 is 1.30 bits per heavy atom. The van der Waals surface area contributed by atoms with Gasteiger partial charge in [-0.05, 0) is 51.8 Å². The Morgan fingerprint density at radius 2 is 2.22 bits per heavy atom. The van der Waals surface area contributed by atoms with Crippen molar-refractivity contribution in [2.45, 2.75) is 51.1 Å². The summed E-state index contributed by atoms with van der Waals surface area (Å²) in [4.78, 5) is 12.2. The molecule has 2 aliphatic heterocycles. The molecule has 4 rings (SSSR count). The fraction of sp³-hybridized carbons (Fsp3) is 0.667. The predicted octanol–water partition coefficient (Wildman–Crippen LogP) is 2.98. The smallest absolute Gasteiger partial charge is 0.160 e. The monoisotopic (exact) mass is 314 g/mol. The summed E-state index contributed by atoms with van der Waals surface area (Å²) in [5.41, 5.74) is 2.05. The summed E-state index contributed by atoms with van der Waals surface area (Å²) in [7, 11) is 0. The molecule has 5 heteroatoms. The molecule has 23 heavy (non-hydrogen) atoms. The van der Waals surface area contributed by atoms with Gasteiger partial charge < -0.3 is 14.2 Å². The van der Waals surface area contributed by atoms with E-state index in [2.05, 4.69) is 34.4 Å². The molecule has 0 bridgehead atoms. The molecule has 0 radical (unpaired) electrons. The van der Waals surface area contributed by atoms with E-state index >= 15 is 0 Å². The van der Waals surface area contributed by atoms with E-state index in [4.69, 9.17) is 9.72 Å². The van der Waals surface area contributed by atoms with Gasteiger partial charge in [0.05, 0.1) is 12.6 Å². The van der Waals surface area contributed by atoms with Crippen molar-refractivity contribution in [1.82, 2.24) is 19.4 Å². The predicted molar refractivity (Wildman–Crippen MR) is 90.7 cm³/mol. The second-order valence-corrected chi connectivity index (χ2v) is 7.13. The lowest BCUT2D eigenvalue weighted by Gasteiger charge is -2.27. The van der Waals surface area contributed by atoms with Crippen LogP contribution in [0.4, 0.5) is 0 Å². The fourth-order valence-electron chi connectivity index (χ4n) is 3.99. The third kappa shape index (κ3) is 2.76. The molecule has 2 fully saturated rings. The van der Waals surface area contributed by atoms with Crippen LogP contribution in [0.2, 0.25) is 0 Å². The van der Waals surface area contributed by atoms with Crippen LogP contribution in [0.3, 0.4) is 0 Å². The van der Waals surface area contributed by atoms with Crippen molar-refractivity contribution >= 4 is 11.2 Å². The van der Waals surface area contributed by atoms with E-state index in [1.165, 1.54) is 18.8 Å². The number of nitrogens with zero attached hydrogens (tertiary/aromatic N) is 4. The zero-order valence-corrected chi connectivity index (χ0v) is 14.1. The molecule has 2 saturated heterocycles. The average Bonchev–Trinajstić information content (AvgIpc) is 3.20. The van der Waals surface area contributed by atoms with Crippen LogP contribution in [-0.2, 0) is 4.74 Å². The molecule has 5 nitrogen and oxygen atoms in total. The fourth-order valence-corrected chi connectivity index (χ4v) is 3.99. The second kappa shape index (κ2) is 6.21. The molecular weight excluding hydrogens is 288 g/mol. The van der Waals surface area contributed by atoms with Gasteiger partial charge in [-0.1, -0.05) is 0 Å². The number of fused-ring (bicyclic) bond motifs is 1. The summed E-state index contributed by atoms with van der Waals surface area (Å²) >= 11 is 0. The van der Waals surface area contributed by atoms with Gasteiger partial charge in [0.1, 0.15) is 11.3 Å². The van der Waals surface area contributed by atoms with E-state index in [1.54, 1.807) is 0 Å². The van der Waals surface area contributed by atoms with E-state index in [9.17, 15) is 0 Å². The maximum absolute atomic E-state index is 5.74. The zero-order chi connectivity index (χ0) is 15.8. The Morgan fingerprint density at radius 3 is 2.96 bits per heavy atom. The van der Waals surface area contributed by atoms with Gasteiger partial charge in [0, 0.05) is 31.3 Å². The van der Waals surface area contributed by atoms with Crippen molar-refractivity contribution in [3.05, 3.63) is 24.2 Å². The number of likely N-dealkylation sites (tertiary alicyclic amines) is 1. The molecule has 2 atom stereocenters. The topological polar surface area (TPSA) is 43.2 Å². The third-order valence-corrected chi connectivity index (χ3v) is 5.29. The molecular formula is C18H26N4O. The van der Waals surface area contributed by atoms with Crippen LogP contribution in [0.1, 0.15) is 50.9 Å². The summed E-state index contributed by atoms with van der Waals surface area (Å²) < 4.78 is 8.14. The molecule has 0 aromatic carbocycles. The molecule has 124 valence electrons. The summed E-state index contributed by atoms with van der Waals surface area (Å²) in [6.07, 6.45) is 5.35. The first-order chi connectivity index (χ1) is 11.2. The van der Waals surface area contributed by atoms with Gasteiger partial charge in [0.25, 0.3) is 0 Å². The highest BCUT2D eigenvalue weighted by molar-refractivity contribution is 5.71. The van der Waals surface area contributed by atoms with Gasteiger partial charge >= 0.3 is 0 Å². The highest BCUT2D eigenvalue weighted by atomic mass is 16.5. The summed E-state index contributed by atoms with van der Waals surface area (Å²) in [5, 5.41) is 0. The van der Waals surface area contributed by atoms with Crippen molar-refractivity contribution in [2.24, 2.45) is 0 Å². The van der Waals surface area contributed by atoms with Crippen molar-refractivity contribution in [2.75, 3.05) is 26.3 Å². The van der Waals surface area contributed by atoms with Gasteiger partial charge in [-0.3, -0.25) is 0 Å². The van der Waals surface area contributed by atoms with Crippen molar-refractivity contribution in [3.63, 3.8) is 0 Å². The van der Waals surface area contributed by atoms with Crippen LogP contribution in [0.25, 0.3) is 11.2 Å². The Kier molecular flexibility index (Phi) is 4.07. The van der Waals surface area contributed by atoms with E-state index in [1.807, 2.05) is 12.3 Å². The first kappa shape index (κ1) is 15.1. The minimum atomic E-state index is 0.381. The van der Waals surface area contributed by atoms with E-state index in [0.29, 0.717) is 18.0 Å². The van der Waals surface area contributed by atoms with Crippen LogP contribution in [-0.4, -0.2) is 51.8 Å². The standard InChI is InChI=1S/C18H26N4O/c1-13(2)21-9-7-14(11-21)17-20-16-6-3-8-19-18(16)22(17)15-5-4-10-23-12-15/h3,6,8,13-15H,4-5,7,9-12H2,1-2H3. The summed E-state index contributed by atoms with van der Waals surface area (Å²) in [6.45, 7) is 8.50. The van der Waals surface area contributed by atoms with Gasteiger partial charge in [-0.15, -0.1) is 0 Å². The Bertz CT molecular complexity index is 675. The van der Waals surface area contributed by atoms with Crippen molar-refractivity contribution in [3.8, 4) is 0 Å². The van der Waals surface area contributed by atoms with Crippen molar-refractivity contribution < 1.29 is 4.74 Å². The zero-order valence-electron chi connectivity index (χ0n) is 14.1. The highest BCUT2D eigenvalue weighted by Gasteiger charge is 2.32. The first-order valence-electron chi connectivity index (χ1n) is 8.88. The number of pyridine rings is 1. The van der Waals surface area contributed by atoms with Crippen molar-refractivity contribution in [1.29, 1.82) is 0 Å². The second-order valence-electron chi connectivity index (χ2n) is 7.13. The molecule has 0 spiro atoms. The molecule has 2 aromatic rings. The quantitative estimate of drug-likeness (QED) is 0.873. The largest absolute Gasteiger partial charge is 0.379 e. The Balaban J connectivity index is 1.73. The number of imidazole rings is 1. The molecule has 0 amide bonds. The maximum atomic E-state index is 5.74. The van der Waals surface area contributed by atoms with Crippen LogP contribution in [0, 0.1) is 0 Å². The lowest BCUT2D eigenvalue weighted by molar-refractivity contribution is 0.0590. The maximum Gasteiger partial charge on any atom is 0.160 e. The van der Waals surface area contributed by atoms with Crippen LogP contribution >= 0.6 is 0 Å². The number of ether oxygens (including phenoxy) is 1. The van der Waals surface area contributed by atoms with Gasteiger partial charge in [0.15, 0.2) is 5.65 Å². The number of rotatable bonds is 3. The molecule has 2 unspecified atom stereocenters. The van der Waals surface area contributed by atoms with Crippen LogP contribution in [0.15, 0.2) is 18.3 Å². The molecule has 0 aliphatic carbocycles. The number of hydrogen-bond acceptors (Lipinski definition) is 4. The van der Waals surface area contributed by atoms with Crippen LogP contribution in [0.5, 0.6) is 0 Å². The summed E-state index contributed by atoms with van der Waals surface area (Å²) in [5.74, 6) is 1.73.